The Hall–Kier alpha value is -2.41. The van der Waals surface area contributed by atoms with Crippen molar-refractivity contribution in [3.63, 3.8) is 0 Å². The van der Waals surface area contributed by atoms with Crippen molar-refractivity contribution in [1.82, 2.24) is 20.1 Å². The quantitative estimate of drug-likeness (QED) is 0.534. The molecule has 94 valence electrons. The summed E-state index contributed by atoms with van der Waals surface area (Å²) < 4.78 is 0. The molecular weight excluding hydrogens is 232 g/mol. The number of nitrogen functional groups attached to an aromatic ring is 1. The number of hydrogen-bond donors (Lipinski definition) is 3. The topological polar surface area (TPSA) is 99.9 Å². The highest BCUT2D eigenvalue weighted by atomic mass is 16.2. The summed E-state index contributed by atoms with van der Waals surface area (Å²) in [6.45, 7) is 0.467. The Morgan fingerprint density at radius 1 is 1.56 bits per heavy atom. The molecule has 0 unspecified atom stereocenters. The van der Waals surface area contributed by atoms with E-state index < -0.39 is 0 Å². The molecule has 0 radical (unpaired) electrons. The zero-order valence-electron chi connectivity index (χ0n) is 9.92. The first-order chi connectivity index (χ1) is 8.72. The lowest BCUT2D eigenvalue weighted by molar-refractivity contribution is 0.0785. The predicted octanol–water partition coefficient (Wildman–Crippen LogP) is 0.362. The van der Waals surface area contributed by atoms with Crippen molar-refractivity contribution in [3.8, 4) is 0 Å². The van der Waals surface area contributed by atoms with Crippen molar-refractivity contribution in [3.05, 3.63) is 42.0 Å². The van der Waals surface area contributed by atoms with Crippen molar-refractivity contribution in [2.24, 2.45) is 5.84 Å². The maximum absolute atomic E-state index is 12.2. The van der Waals surface area contributed by atoms with Crippen molar-refractivity contribution in [2.75, 3.05) is 12.5 Å². The van der Waals surface area contributed by atoms with E-state index in [9.17, 15) is 4.79 Å². The van der Waals surface area contributed by atoms with Crippen LogP contribution < -0.4 is 11.3 Å². The average molecular weight is 246 g/mol. The third-order valence-electron chi connectivity index (χ3n) is 2.53. The average Bonchev–Trinajstić information content (AvgIpc) is 2.90. The van der Waals surface area contributed by atoms with Gasteiger partial charge in [0.2, 0.25) is 0 Å². The van der Waals surface area contributed by atoms with E-state index in [1.54, 1.807) is 36.6 Å². The largest absolute Gasteiger partial charge is 0.337 e. The highest BCUT2D eigenvalue weighted by molar-refractivity contribution is 5.98. The fourth-order valence-electron chi connectivity index (χ4n) is 1.61. The van der Waals surface area contributed by atoms with E-state index in [0.717, 1.165) is 5.56 Å². The van der Waals surface area contributed by atoms with Gasteiger partial charge < -0.3 is 10.3 Å². The van der Waals surface area contributed by atoms with E-state index in [1.807, 2.05) is 0 Å². The van der Waals surface area contributed by atoms with Gasteiger partial charge in [-0.1, -0.05) is 0 Å². The third kappa shape index (κ3) is 2.46. The van der Waals surface area contributed by atoms with Crippen LogP contribution in [-0.2, 0) is 6.54 Å². The fraction of sp³-hybridized carbons (Fsp3) is 0.182. The minimum Gasteiger partial charge on any atom is -0.337 e. The van der Waals surface area contributed by atoms with Gasteiger partial charge in [-0.2, -0.15) is 5.10 Å². The van der Waals surface area contributed by atoms with Gasteiger partial charge in [-0.05, 0) is 6.07 Å². The number of H-pyrrole nitrogens is 1. The molecule has 0 bridgehead atoms. The van der Waals surface area contributed by atoms with E-state index in [0.29, 0.717) is 17.8 Å². The molecule has 0 aliphatic heterocycles. The number of nitrogens with one attached hydrogen (secondary N) is 2. The summed E-state index contributed by atoms with van der Waals surface area (Å²) in [5.74, 6) is 5.21. The SMILES string of the molecule is CN(Cc1cn[nH]c1)C(=O)c1cnccc1NN. The number of hydrazine groups is 1. The van der Waals surface area contributed by atoms with Gasteiger partial charge in [0, 0.05) is 37.7 Å². The molecule has 0 aliphatic carbocycles. The Balaban J connectivity index is 2.15. The van der Waals surface area contributed by atoms with E-state index in [2.05, 4.69) is 20.6 Å². The molecule has 2 aromatic heterocycles. The Bertz CT molecular complexity index is 524. The summed E-state index contributed by atoms with van der Waals surface area (Å²) in [6.07, 6.45) is 6.48. The molecule has 0 atom stereocenters. The van der Waals surface area contributed by atoms with Crippen LogP contribution in [0.4, 0.5) is 5.69 Å². The first kappa shape index (κ1) is 12.1. The van der Waals surface area contributed by atoms with E-state index >= 15 is 0 Å². The van der Waals surface area contributed by atoms with Crippen LogP contribution in [0.1, 0.15) is 15.9 Å². The molecule has 1 amide bonds. The maximum Gasteiger partial charge on any atom is 0.257 e. The van der Waals surface area contributed by atoms with Gasteiger partial charge in [0.25, 0.3) is 5.91 Å². The number of anilines is 1. The minimum atomic E-state index is -0.155. The van der Waals surface area contributed by atoms with Crippen molar-refractivity contribution >= 4 is 11.6 Å². The van der Waals surface area contributed by atoms with Crippen LogP contribution in [0.15, 0.2) is 30.9 Å². The maximum atomic E-state index is 12.2. The van der Waals surface area contributed by atoms with Crippen LogP contribution in [0.3, 0.4) is 0 Å². The minimum absolute atomic E-state index is 0.155. The third-order valence-corrected chi connectivity index (χ3v) is 2.53. The number of hydrogen-bond acceptors (Lipinski definition) is 5. The van der Waals surface area contributed by atoms with Crippen LogP contribution in [0.25, 0.3) is 0 Å². The van der Waals surface area contributed by atoms with Crippen LogP contribution in [0.5, 0.6) is 0 Å². The van der Waals surface area contributed by atoms with Gasteiger partial charge in [0.1, 0.15) is 0 Å². The van der Waals surface area contributed by atoms with Crippen molar-refractivity contribution in [1.29, 1.82) is 0 Å². The van der Waals surface area contributed by atoms with Crippen LogP contribution in [0.2, 0.25) is 0 Å². The highest BCUT2D eigenvalue weighted by Gasteiger charge is 2.16. The van der Waals surface area contributed by atoms with Gasteiger partial charge in [0.05, 0.1) is 17.4 Å². The molecule has 18 heavy (non-hydrogen) atoms. The van der Waals surface area contributed by atoms with Gasteiger partial charge in [-0.15, -0.1) is 0 Å². The first-order valence-electron chi connectivity index (χ1n) is 5.36. The molecule has 2 aromatic rings. The fourth-order valence-corrected chi connectivity index (χ4v) is 1.61. The lowest BCUT2D eigenvalue weighted by Crippen LogP contribution is -2.27. The summed E-state index contributed by atoms with van der Waals surface area (Å²) in [5.41, 5.74) is 4.40. The van der Waals surface area contributed by atoms with Crippen molar-refractivity contribution in [2.45, 2.75) is 6.54 Å². The van der Waals surface area contributed by atoms with Gasteiger partial charge in [-0.25, -0.2) is 0 Å². The second-order valence-electron chi connectivity index (χ2n) is 3.83. The summed E-state index contributed by atoms with van der Waals surface area (Å²) in [7, 11) is 1.71. The van der Waals surface area contributed by atoms with Crippen LogP contribution in [0, 0.1) is 0 Å². The molecule has 0 fully saturated rings. The van der Waals surface area contributed by atoms with E-state index in [4.69, 9.17) is 5.84 Å². The number of rotatable bonds is 4. The normalized spacial score (nSPS) is 10.1. The standard InChI is InChI=1S/C11H14N6O/c1-17(7-8-4-14-15-5-8)11(18)9-6-13-3-2-10(9)16-12/h2-6H,7,12H2,1H3,(H,13,16)(H,14,15). The number of amides is 1. The molecule has 7 heteroatoms. The zero-order valence-corrected chi connectivity index (χ0v) is 9.92. The smallest absolute Gasteiger partial charge is 0.257 e. The van der Waals surface area contributed by atoms with Crippen LogP contribution in [-0.4, -0.2) is 33.0 Å². The number of aromatic amines is 1. The number of aromatic nitrogens is 3. The first-order valence-corrected chi connectivity index (χ1v) is 5.36. The number of carbonyl (C=O) groups excluding carboxylic acids is 1. The molecule has 0 aromatic carbocycles. The molecule has 7 nitrogen and oxygen atoms in total. The molecule has 0 saturated heterocycles. The molecule has 2 heterocycles. The second-order valence-corrected chi connectivity index (χ2v) is 3.83. The number of pyridine rings is 1. The van der Waals surface area contributed by atoms with Gasteiger partial charge in [0.15, 0.2) is 0 Å². The Morgan fingerprint density at radius 2 is 2.39 bits per heavy atom. The Kier molecular flexibility index (Phi) is 3.54. The second kappa shape index (κ2) is 5.28. The lowest BCUT2D eigenvalue weighted by atomic mass is 10.2. The molecule has 0 saturated carbocycles. The van der Waals surface area contributed by atoms with Crippen LogP contribution >= 0.6 is 0 Å². The molecule has 2 rings (SSSR count). The van der Waals surface area contributed by atoms with Gasteiger partial charge in [-0.3, -0.25) is 20.7 Å². The lowest BCUT2D eigenvalue weighted by Gasteiger charge is -2.17. The number of nitrogens with zero attached hydrogens (tertiary/aromatic N) is 3. The molecule has 0 spiro atoms. The highest BCUT2D eigenvalue weighted by Crippen LogP contribution is 2.15. The Morgan fingerprint density at radius 3 is 3.06 bits per heavy atom. The molecule has 4 N–H and O–H groups in total. The molecule has 0 aliphatic rings. The Labute approximate surface area is 104 Å². The summed E-state index contributed by atoms with van der Waals surface area (Å²) in [5, 5.41) is 6.54. The van der Waals surface area contributed by atoms with E-state index in [1.165, 1.54) is 6.20 Å². The van der Waals surface area contributed by atoms with Gasteiger partial charge >= 0.3 is 0 Å². The predicted molar refractivity (Wildman–Crippen MR) is 66.4 cm³/mol. The van der Waals surface area contributed by atoms with E-state index in [-0.39, 0.29) is 5.91 Å². The summed E-state index contributed by atoms with van der Waals surface area (Å²) in [4.78, 5) is 17.7. The summed E-state index contributed by atoms with van der Waals surface area (Å²) in [6, 6.07) is 1.65. The number of nitrogens with two attached hydrogens (primary N) is 1. The summed E-state index contributed by atoms with van der Waals surface area (Å²) >= 11 is 0. The van der Waals surface area contributed by atoms with Crippen molar-refractivity contribution < 1.29 is 4.79 Å². The molecular formula is C11H14N6O. The monoisotopic (exact) mass is 246 g/mol. The number of carbonyl (C=O) groups is 1. The zero-order chi connectivity index (χ0) is 13.0.